The minimum Gasteiger partial charge on any atom is -0.489 e. The van der Waals surface area contributed by atoms with Crippen molar-refractivity contribution in [3.8, 4) is 16.5 Å². The SMILES string of the molecule is C=CCCC1(C)CCN(c2c(C(OC(C)(C)C)C(=O)O)c(C)nc3cc(-c4ncc(Cc5ccccc5OCC=C)s4)nn23)CC1. The highest BCUT2D eigenvalue weighted by Crippen LogP contribution is 2.41. The number of benzene rings is 1. The molecule has 0 radical (unpaired) electrons. The summed E-state index contributed by atoms with van der Waals surface area (Å²) >= 11 is 1.57. The Kier molecular flexibility index (Phi) is 9.98. The zero-order valence-electron chi connectivity index (χ0n) is 27.6. The third-order valence-corrected chi connectivity index (χ3v) is 9.47. The molecule has 10 heteroatoms. The van der Waals surface area contributed by atoms with Gasteiger partial charge in [0.25, 0.3) is 0 Å². The molecular formula is C36H45N5O4S. The molecule has 0 saturated carbocycles. The number of carboxylic acids is 1. The van der Waals surface area contributed by atoms with E-state index in [-0.39, 0.29) is 5.41 Å². The normalized spacial score (nSPS) is 15.5. The number of hydrogen-bond acceptors (Lipinski definition) is 8. The molecule has 4 heterocycles. The van der Waals surface area contributed by atoms with E-state index < -0.39 is 17.7 Å². The van der Waals surface area contributed by atoms with Gasteiger partial charge in [0.15, 0.2) is 11.8 Å². The molecule has 3 aromatic heterocycles. The standard InChI is InChI=1S/C36H45N5O4S/c1-8-10-15-36(7)16-18-40(19-17-36)33-30(31(34(42)43)45-35(4,5)6)24(3)38-29-22-27(39-41(29)33)32-37-23-26(46-32)21-25-13-11-12-14-28(25)44-20-9-2/h8-9,11-14,22-23,31H,1-2,10,15-21H2,3-7H3,(H,42,43). The number of aliphatic carboxylic acids is 1. The topological polar surface area (TPSA) is 102 Å². The zero-order valence-corrected chi connectivity index (χ0v) is 28.4. The number of anilines is 1. The second-order valence-corrected chi connectivity index (χ2v) is 14.4. The van der Waals surface area contributed by atoms with Gasteiger partial charge in [-0.05, 0) is 70.4 Å². The molecule has 1 unspecified atom stereocenters. The van der Waals surface area contributed by atoms with Gasteiger partial charge in [0.1, 0.15) is 28.9 Å². The summed E-state index contributed by atoms with van der Waals surface area (Å²) in [7, 11) is 0. The molecular weight excluding hydrogens is 598 g/mol. The maximum atomic E-state index is 12.8. The van der Waals surface area contributed by atoms with Crippen LogP contribution in [0.1, 0.15) is 81.2 Å². The molecule has 0 amide bonds. The van der Waals surface area contributed by atoms with Crippen molar-refractivity contribution in [2.75, 3.05) is 24.6 Å². The number of ether oxygens (including phenoxy) is 2. The lowest BCUT2D eigenvalue weighted by atomic mass is 9.76. The summed E-state index contributed by atoms with van der Waals surface area (Å²) in [6.45, 7) is 19.4. The number of aromatic nitrogens is 4. The molecule has 1 atom stereocenters. The van der Waals surface area contributed by atoms with Crippen LogP contribution in [0.4, 0.5) is 5.82 Å². The Bertz CT molecular complexity index is 1710. The molecule has 5 rings (SSSR count). The van der Waals surface area contributed by atoms with Crippen molar-refractivity contribution in [3.05, 3.63) is 83.5 Å². The third-order valence-electron chi connectivity index (χ3n) is 8.45. The van der Waals surface area contributed by atoms with E-state index in [1.807, 2.05) is 64.2 Å². The number of rotatable bonds is 13. The first-order valence-electron chi connectivity index (χ1n) is 15.8. The van der Waals surface area contributed by atoms with Gasteiger partial charge in [-0.1, -0.05) is 43.9 Å². The molecule has 1 aromatic carbocycles. The number of fused-ring (bicyclic) bond motifs is 1. The second-order valence-electron chi connectivity index (χ2n) is 13.3. The van der Waals surface area contributed by atoms with Gasteiger partial charge in [-0.25, -0.2) is 14.8 Å². The Morgan fingerprint density at radius 3 is 2.61 bits per heavy atom. The van der Waals surface area contributed by atoms with Crippen LogP contribution >= 0.6 is 11.3 Å². The molecule has 1 aliphatic heterocycles. The minimum absolute atomic E-state index is 0.196. The third kappa shape index (κ3) is 7.50. The number of carboxylic acid groups (broad SMARTS) is 1. The summed E-state index contributed by atoms with van der Waals surface area (Å²) in [5.41, 5.74) is 3.07. The number of para-hydroxylation sites is 1. The zero-order chi connectivity index (χ0) is 33.1. The van der Waals surface area contributed by atoms with Gasteiger partial charge in [-0.2, -0.15) is 9.61 Å². The number of thiazole rings is 1. The molecule has 1 N–H and O–H groups in total. The molecule has 1 aliphatic rings. The van der Waals surface area contributed by atoms with Crippen LogP contribution in [0.5, 0.6) is 5.75 Å². The lowest BCUT2D eigenvalue weighted by molar-refractivity contribution is -0.160. The monoisotopic (exact) mass is 643 g/mol. The number of nitrogens with zero attached hydrogens (tertiary/aromatic N) is 5. The fourth-order valence-corrected chi connectivity index (χ4v) is 6.90. The fourth-order valence-electron chi connectivity index (χ4n) is 6.01. The van der Waals surface area contributed by atoms with Crippen LogP contribution in [0.2, 0.25) is 0 Å². The summed E-state index contributed by atoms with van der Waals surface area (Å²) in [5, 5.41) is 16.2. The van der Waals surface area contributed by atoms with E-state index in [1.54, 1.807) is 21.9 Å². The van der Waals surface area contributed by atoms with Crippen LogP contribution in [0, 0.1) is 12.3 Å². The molecule has 1 saturated heterocycles. The molecule has 4 aromatic rings. The summed E-state index contributed by atoms with van der Waals surface area (Å²) < 4.78 is 13.8. The van der Waals surface area contributed by atoms with Gasteiger partial charge in [0, 0.05) is 42.3 Å². The van der Waals surface area contributed by atoms with Gasteiger partial charge in [-0.15, -0.1) is 17.9 Å². The number of hydrogen-bond donors (Lipinski definition) is 1. The lowest BCUT2D eigenvalue weighted by Gasteiger charge is -2.41. The van der Waals surface area contributed by atoms with Crippen LogP contribution in [-0.4, -0.2) is 56.0 Å². The first-order valence-corrected chi connectivity index (χ1v) is 16.7. The first-order chi connectivity index (χ1) is 21.9. The fraction of sp³-hybridized carbons (Fsp3) is 0.444. The highest BCUT2D eigenvalue weighted by molar-refractivity contribution is 7.15. The van der Waals surface area contributed by atoms with Gasteiger partial charge >= 0.3 is 5.97 Å². The molecule has 0 aliphatic carbocycles. The van der Waals surface area contributed by atoms with E-state index in [4.69, 9.17) is 24.5 Å². The van der Waals surface area contributed by atoms with Crippen molar-refractivity contribution in [2.45, 2.75) is 78.4 Å². The predicted molar refractivity (Wildman–Crippen MR) is 184 cm³/mol. The molecule has 0 bridgehead atoms. The smallest absolute Gasteiger partial charge is 0.337 e. The van der Waals surface area contributed by atoms with Crippen LogP contribution in [0.3, 0.4) is 0 Å². The van der Waals surface area contributed by atoms with Crippen molar-refractivity contribution in [2.24, 2.45) is 5.41 Å². The van der Waals surface area contributed by atoms with Crippen molar-refractivity contribution < 1.29 is 19.4 Å². The van der Waals surface area contributed by atoms with Crippen molar-refractivity contribution in [3.63, 3.8) is 0 Å². The molecule has 0 spiro atoms. The Balaban J connectivity index is 1.55. The Hall–Kier alpha value is -4.02. The Labute approximate surface area is 275 Å². The van der Waals surface area contributed by atoms with Gasteiger partial charge < -0.3 is 19.5 Å². The van der Waals surface area contributed by atoms with Gasteiger partial charge in [0.2, 0.25) is 0 Å². The summed E-state index contributed by atoms with van der Waals surface area (Å²) in [5.74, 6) is 0.498. The van der Waals surface area contributed by atoms with Crippen LogP contribution in [0.15, 0.2) is 61.8 Å². The number of piperidine rings is 1. The number of aryl methyl sites for hydroxylation is 1. The van der Waals surface area contributed by atoms with Gasteiger partial charge in [0.05, 0.1) is 11.2 Å². The maximum absolute atomic E-state index is 12.8. The predicted octanol–water partition coefficient (Wildman–Crippen LogP) is 7.83. The highest BCUT2D eigenvalue weighted by atomic mass is 32.1. The summed E-state index contributed by atoms with van der Waals surface area (Å²) in [6, 6.07) is 9.92. The van der Waals surface area contributed by atoms with Crippen LogP contribution < -0.4 is 9.64 Å². The Morgan fingerprint density at radius 2 is 1.93 bits per heavy atom. The average molecular weight is 644 g/mol. The maximum Gasteiger partial charge on any atom is 0.337 e. The number of allylic oxidation sites excluding steroid dienone is 1. The highest BCUT2D eigenvalue weighted by Gasteiger charge is 2.37. The van der Waals surface area contributed by atoms with Crippen molar-refractivity contribution in [1.82, 2.24) is 19.6 Å². The van der Waals surface area contributed by atoms with Crippen LogP contribution in [-0.2, 0) is 16.0 Å². The van der Waals surface area contributed by atoms with Gasteiger partial charge in [-0.3, -0.25) is 0 Å². The molecule has 46 heavy (non-hydrogen) atoms. The largest absolute Gasteiger partial charge is 0.489 e. The number of carbonyl (C=O) groups is 1. The van der Waals surface area contributed by atoms with E-state index in [1.165, 1.54) is 0 Å². The molecule has 9 nitrogen and oxygen atoms in total. The van der Waals surface area contributed by atoms with E-state index >= 15 is 0 Å². The van der Waals surface area contributed by atoms with Crippen molar-refractivity contribution in [1.29, 1.82) is 0 Å². The minimum atomic E-state index is -1.21. The quantitative estimate of drug-likeness (QED) is 0.147. The average Bonchev–Trinajstić information content (AvgIpc) is 3.65. The second kappa shape index (κ2) is 13.8. The lowest BCUT2D eigenvalue weighted by Crippen LogP contribution is -2.41. The summed E-state index contributed by atoms with van der Waals surface area (Å²) in [4.78, 5) is 25.7. The van der Waals surface area contributed by atoms with E-state index in [0.717, 1.165) is 65.8 Å². The Morgan fingerprint density at radius 1 is 1.20 bits per heavy atom. The van der Waals surface area contributed by atoms with E-state index in [2.05, 4.69) is 31.0 Å². The molecule has 1 fully saturated rings. The van der Waals surface area contributed by atoms with E-state index in [9.17, 15) is 9.90 Å². The summed E-state index contributed by atoms with van der Waals surface area (Å²) in [6.07, 6.45) is 9.08. The van der Waals surface area contributed by atoms with Crippen molar-refractivity contribution >= 4 is 28.8 Å². The van der Waals surface area contributed by atoms with E-state index in [0.29, 0.717) is 35.6 Å². The molecule has 244 valence electrons. The van der Waals surface area contributed by atoms with Crippen LogP contribution in [0.25, 0.3) is 16.3 Å². The first kappa shape index (κ1) is 33.3.